The molecule has 1 heterocycles. The number of aliphatic carboxylic acids is 1. The molecule has 76 valence electrons. The lowest BCUT2D eigenvalue weighted by Crippen LogP contribution is -2.48. The minimum absolute atomic E-state index is 0.313. The van der Waals surface area contributed by atoms with Gasteiger partial charge in [-0.25, -0.2) is 0 Å². The summed E-state index contributed by atoms with van der Waals surface area (Å²) in [7, 11) is 0. The molecule has 2 atom stereocenters. The zero-order valence-electron chi connectivity index (χ0n) is 8.07. The van der Waals surface area contributed by atoms with Crippen molar-refractivity contribution in [3.05, 3.63) is 0 Å². The van der Waals surface area contributed by atoms with Crippen molar-refractivity contribution in [3.8, 4) is 0 Å². The van der Waals surface area contributed by atoms with Crippen LogP contribution >= 0.6 is 0 Å². The SMILES string of the molecule is CC1CCN(CCN)C(C(=O)O)C1. The van der Waals surface area contributed by atoms with Crippen LogP contribution in [0.4, 0.5) is 0 Å². The molecule has 0 aromatic rings. The van der Waals surface area contributed by atoms with Gasteiger partial charge in [0.05, 0.1) is 0 Å². The monoisotopic (exact) mass is 186 g/mol. The van der Waals surface area contributed by atoms with Gasteiger partial charge < -0.3 is 10.8 Å². The summed E-state index contributed by atoms with van der Waals surface area (Å²) < 4.78 is 0. The standard InChI is InChI=1S/C9H18N2O2/c1-7-2-4-11(5-3-10)8(6-7)9(12)13/h7-8H,2-6,10H2,1H3,(H,12,13). The highest BCUT2D eigenvalue weighted by Crippen LogP contribution is 2.21. The maximum Gasteiger partial charge on any atom is 0.320 e. The summed E-state index contributed by atoms with van der Waals surface area (Å²) in [6.45, 7) is 4.22. The lowest BCUT2D eigenvalue weighted by molar-refractivity contribution is -0.145. The average Bonchev–Trinajstić information content (AvgIpc) is 2.08. The van der Waals surface area contributed by atoms with Crippen LogP contribution in [0, 0.1) is 5.92 Å². The molecule has 0 radical (unpaired) electrons. The van der Waals surface area contributed by atoms with Crippen molar-refractivity contribution in [2.45, 2.75) is 25.8 Å². The van der Waals surface area contributed by atoms with Gasteiger partial charge in [0.15, 0.2) is 0 Å². The van der Waals surface area contributed by atoms with Crippen molar-refractivity contribution < 1.29 is 9.90 Å². The molecule has 0 amide bonds. The Morgan fingerprint density at radius 3 is 2.92 bits per heavy atom. The van der Waals surface area contributed by atoms with E-state index in [0.29, 0.717) is 19.0 Å². The zero-order chi connectivity index (χ0) is 9.84. The van der Waals surface area contributed by atoms with E-state index in [0.717, 1.165) is 19.4 Å². The molecule has 1 rings (SSSR count). The fraction of sp³-hybridized carbons (Fsp3) is 0.889. The van der Waals surface area contributed by atoms with E-state index in [-0.39, 0.29) is 6.04 Å². The van der Waals surface area contributed by atoms with E-state index < -0.39 is 5.97 Å². The van der Waals surface area contributed by atoms with Gasteiger partial charge in [-0.3, -0.25) is 9.69 Å². The van der Waals surface area contributed by atoms with E-state index >= 15 is 0 Å². The Kier molecular flexibility index (Phi) is 3.69. The summed E-state index contributed by atoms with van der Waals surface area (Å²) >= 11 is 0. The number of piperidine rings is 1. The van der Waals surface area contributed by atoms with Gasteiger partial charge in [-0.15, -0.1) is 0 Å². The molecule has 1 aliphatic rings. The molecule has 4 heteroatoms. The van der Waals surface area contributed by atoms with Crippen molar-refractivity contribution >= 4 is 5.97 Å². The topological polar surface area (TPSA) is 66.6 Å². The summed E-state index contributed by atoms with van der Waals surface area (Å²) in [6, 6.07) is -0.313. The predicted octanol–water partition coefficient (Wildman–Crippen LogP) is 0.130. The van der Waals surface area contributed by atoms with Gasteiger partial charge in [-0.1, -0.05) is 6.92 Å². The van der Waals surface area contributed by atoms with Gasteiger partial charge in [0.1, 0.15) is 6.04 Å². The first kappa shape index (κ1) is 10.5. The van der Waals surface area contributed by atoms with Crippen LogP contribution in [0.25, 0.3) is 0 Å². The Labute approximate surface area is 78.7 Å². The van der Waals surface area contributed by atoms with Crippen molar-refractivity contribution in [1.82, 2.24) is 4.90 Å². The molecule has 13 heavy (non-hydrogen) atoms. The van der Waals surface area contributed by atoms with E-state index in [1.807, 2.05) is 4.90 Å². The lowest BCUT2D eigenvalue weighted by Gasteiger charge is -2.35. The molecule has 1 aliphatic heterocycles. The molecule has 2 unspecified atom stereocenters. The minimum atomic E-state index is -0.708. The predicted molar refractivity (Wildman–Crippen MR) is 50.4 cm³/mol. The van der Waals surface area contributed by atoms with Crippen molar-refractivity contribution in [2.75, 3.05) is 19.6 Å². The summed E-state index contributed by atoms with van der Waals surface area (Å²) in [4.78, 5) is 12.9. The second kappa shape index (κ2) is 4.58. The highest BCUT2D eigenvalue weighted by atomic mass is 16.4. The van der Waals surface area contributed by atoms with Crippen LogP contribution in [0.15, 0.2) is 0 Å². The van der Waals surface area contributed by atoms with Crippen LogP contribution in [0.2, 0.25) is 0 Å². The van der Waals surface area contributed by atoms with Crippen molar-refractivity contribution in [2.24, 2.45) is 11.7 Å². The Bertz CT molecular complexity index is 184. The van der Waals surface area contributed by atoms with Gasteiger partial charge in [0.25, 0.3) is 0 Å². The maximum absolute atomic E-state index is 10.9. The van der Waals surface area contributed by atoms with E-state index in [1.54, 1.807) is 0 Å². The van der Waals surface area contributed by atoms with Crippen LogP contribution in [0.1, 0.15) is 19.8 Å². The largest absolute Gasteiger partial charge is 0.480 e. The first-order chi connectivity index (χ1) is 6.15. The Morgan fingerprint density at radius 2 is 2.38 bits per heavy atom. The molecule has 1 saturated heterocycles. The quantitative estimate of drug-likeness (QED) is 0.657. The fourth-order valence-electron chi connectivity index (χ4n) is 1.88. The Balaban J connectivity index is 2.55. The number of carboxylic acids is 1. The molecule has 3 N–H and O–H groups in total. The highest BCUT2D eigenvalue weighted by molar-refractivity contribution is 5.73. The second-order valence-corrected chi connectivity index (χ2v) is 3.81. The summed E-state index contributed by atoms with van der Waals surface area (Å²) in [6.07, 6.45) is 1.85. The van der Waals surface area contributed by atoms with Crippen LogP contribution < -0.4 is 5.73 Å². The van der Waals surface area contributed by atoms with Crippen LogP contribution in [0.3, 0.4) is 0 Å². The number of carboxylic acid groups (broad SMARTS) is 1. The highest BCUT2D eigenvalue weighted by Gasteiger charge is 2.30. The lowest BCUT2D eigenvalue weighted by atomic mass is 9.92. The molecule has 0 aromatic carbocycles. The molecular weight excluding hydrogens is 168 g/mol. The van der Waals surface area contributed by atoms with Crippen LogP contribution in [0.5, 0.6) is 0 Å². The molecule has 1 fully saturated rings. The maximum atomic E-state index is 10.9. The van der Waals surface area contributed by atoms with Gasteiger partial charge in [-0.2, -0.15) is 0 Å². The number of hydrogen-bond donors (Lipinski definition) is 2. The molecule has 0 bridgehead atoms. The van der Waals surface area contributed by atoms with E-state index in [2.05, 4.69) is 6.92 Å². The third kappa shape index (κ3) is 2.67. The number of carbonyl (C=O) groups is 1. The molecule has 0 aromatic heterocycles. The van der Waals surface area contributed by atoms with Gasteiger partial charge in [0, 0.05) is 13.1 Å². The van der Waals surface area contributed by atoms with Crippen molar-refractivity contribution in [3.63, 3.8) is 0 Å². The van der Waals surface area contributed by atoms with Crippen molar-refractivity contribution in [1.29, 1.82) is 0 Å². The smallest absolute Gasteiger partial charge is 0.320 e. The van der Waals surface area contributed by atoms with E-state index in [4.69, 9.17) is 10.8 Å². The number of hydrogen-bond acceptors (Lipinski definition) is 3. The molecule has 0 saturated carbocycles. The molecule has 0 spiro atoms. The Hall–Kier alpha value is -0.610. The summed E-state index contributed by atoms with van der Waals surface area (Å²) in [5.41, 5.74) is 5.42. The number of nitrogens with two attached hydrogens (primary N) is 1. The van der Waals surface area contributed by atoms with Crippen LogP contribution in [-0.4, -0.2) is 41.7 Å². The average molecular weight is 186 g/mol. The number of nitrogens with zero attached hydrogens (tertiary/aromatic N) is 1. The summed E-state index contributed by atoms with van der Waals surface area (Å²) in [5.74, 6) is -0.185. The zero-order valence-corrected chi connectivity index (χ0v) is 8.07. The van der Waals surface area contributed by atoms with Gasteiger partial charge in [0.2, 0.25) is 0 Å². The number of rotatable bonds is 3. The van der Waals surface area contributed by atoms with E-state index in [9.17, 15) is 4.79 Å². The summed E-state index contributed by atoms with van der Waals surface area (Å²) in [5, 5.41) is 8.97. The Morgan fingerprint density at radius 1 is 1.69 bits per heavy atom. The fourth-order valence-corrected chi connectivity index (χ4v) is 1.88. The molecular formula is C9H18N2O2. The van der Waals surface area contributed by atoms with Crippen LogP contribution in [-0.2, 0) is 4.79 Å². The third-order valence-corrected chi connectivity index (χ3v) is 2.68. The van der Waals surface area contributed by atoms with Gasteiger partial charge in [-0.05, 0) is 25.3 Å². The molecule has 4 nitrogen and oxygen atoms in total. The number of likely N-dealkylation sites (tertiary alicyclic amines) is 1. The van der Waals surface area contributed by atoms with E-state index in [1.165, 1.54) is 0 Å². The first-order valence-corrected chi connectivity index (χ1v) is 4.82. The van der Waals surface area contributed by atoms with Gasteiger partial charge >= 0.3 is 5.97 Å². The first-order valence-electron chi connectivity index (χ1n) is 4.82. The molecule has 0 aliphatic carbocycles. The second-order valence-electron chi connectivity index (χ2n) is 3.81. The third-order valence-electron chi connectivity index (χ3n) is 2.68. The normalized spacial score (nSPS) is 30.3. The minimum Gasteiger partial charge on any atom is -0.480 e.